The molecular weight excluding hydrogens is 514 g/mol. The summed E-state index contributed by atoms with van der Waals surface area (Å²) in [6.45, 7) is 14.2. The Balaban J connectivity index is 2.38. The second-order valence-electron chi connectivity index (χ2n) is 11.6. The summed E-state index contributed by atoms with van der Waals surface area (Å²) >= 11 is -1.87. The number of allylic oxidation sites excluding steroid dienone is 3. The Kier molecular flexibility index (Phi) is 8.51. The van der Waals surface area contributed by atoms with Crippen molar-refractivity contribution in [3.63, 3.8) is 0 Å². The van der Waals surface area contributed by atoms with Crippen LogP contribution in [0.4, 0.5) is 0 Å². The summed E-state index contributed by atoms with van der Waals surface area (Å²) in [6.07, 6.45) is 1.05. The average Bonchev–Trinajstić information content (AvgIpc) is 3.06. The van der Waals surface area contributed by atoms with E-state index in [1.54, 1.807) is 14.7 Å². The third-order valence-electron chi connectivity index (χ3n) is 5.95. The summed E-state index contributed by atoms with van der Waals surface area (Å²) in [5, 5.41) is 8.64. The van der Waals surface area contributed by atoms with Crippen LogP contribution in [0.2, 0.25) is 0 Å². The molecule has 0 saturated heterocycles. The van der Waals surface area contributed by atoms with Gasteiger partial charge in [-0.3, -0.25) is 0 Å². The van der Waals surface area contributed by atoms with Gasteiger partial charge >= 0.3 is 217 Å². The minimum atomic E-state index is -1.87. The molecule has 0 amide bonds. The molecule has 0 radical (unpaired) electrons. The van der Waals surface area contributed by atoms with Crippen LogP contribution in [0.3, 0.4) is 0 Å². The molecule has 0 bridgehead atoms. The fraction of sp³-hybridized carbons (Fsp3) is 0.448. The number of rotatable bonds is 7. The Hall–Kier alpha value is -1.45. The predicted molar refractivity (Wildman–Crippen MR) is 148 cm³/mol. The van der Waals surface area contributed by atoms with Crippen LogP contribution >= 0.6 is 0 Å². The summed E-state index contributed by atoms with van der Waals surface area (Å²) in [5.74, 6) is 0. The van der Waals surface area contributed by atoms with Crippen LogP contribution in [-0.4, -0.2) is 49.4 Å². The van der Waals surface area contributed by atoms with Crippen molar-refractivity contribution in [3.05, 3.63) is 81.1 Å². The van der Waals surface area contributed by atoms with E-state index in [4.69, 9.17) is 0 Å². The summed E-state index contributed by atoms with van der Waals surface area (Å²) in [6, 6.07) is 22.6. The van der Waals surface area contributed by atoms with E-state index in [0.717, 1.165) is 6.42 Å². The van der Waals surface area contributed by atoms with E-state index >= 15 is 0 Å². The number of nitrogens with zero attached hydrogens (tertiary/aromatic N) is 2. The van der Waals surface area contributed by atoms with Crippen molar-refractivity contribution >= 4 is 19.2 Å². The van der Waals surface area contributed by atoms with Gasteiger partial charge in [-0.05, 0) is 0 Å². The van der Waals surface area contributed by atoms with Crippen molar-refractivity contribution in [2.24, 2.45) is 5.41 Å². The van der Waals surface area contributed by atoms with Crippen LogP contribution in [-0.2, 0) is 17.8 Å². The molecular formula is C29H44MoN3Si. The first-order valence-corrected chi connectivity index (χ1v) is 16.8. The van der Waals surface area contributed by atoms with Gasteiger partial charge in [0.25, 0.3) is 0 Å². The zero-order valence-electron chi connectivity index (χ0n) is 22.9. The van der Waals surface area contributed by atoms with Gasteiger partial charge in [-0.2, -0.15) is 0 Å². The molecule has 0 spiro atoms. The first-order valence-electron chi connectivity index (χ1n) is 12.3. The molecule has 3 nitrogen and oxygen atoms in total. The van der Waals surface area contributed by atoms with Crippen molar-refractivity contribution in [1.82, 2.24) is 12.2 Å². The Morgan fingerprint density at radius 1 is 0.735 bits per heavy atom. The quantitative estimate of drug-likeness (QED) is 0.506. The molecule has 0 saturated carbocycles. The minimum absolute atomic E-state index is 0.0160. The molecule has 3 rings (SSSR count). The standard InChI is InChI=1S/C25H32NSi.2C2H6N.Mo/c1-24(2,3)21-17-18-22(26-25(4,5)6)23(21)27(19-13-9-7-10-14-19)20-15-11-8-12-16-20;2*1-3-2;/h7-16,26-27H,18H2,1-6H3;2*1-2H3;/q;2*-1;+2. The molecule has 5 heteroatoms. The monoisotopic (exact) mass is 560 g/mol. The molecule has 1 aliphatic carbocycles. The van der Waals surface area contributed by atoms with E-state index in [0.29, 0.717) is 0 Å². The van der Waals surface area contributed by atoms with Gasteiger partial charge < -0.3 is 0 Å². The Morgan fingerprint density at radius 2 is 1.18 bits per heavy atom. The van der Waals surface area contributed by atoms with Crippen molar-refractivity contribution in [1.29, 1.82) is 0 Å². The number of hydrogen-bond acceptors (Lipinski definition) is 3. The molecule has 0 heterocycles. The zero-order valence-corrected chi connectivity index (χ0v) is 26.0. The van der Waals surface area contributed by atoms with E-state index in [9.17, 15) is 0 Å². The van der Waals surface area contributed by atoms with Gasteiger partial charge in [0.15, 0.2) is 0 Å². The van der Waals surface area contributed by atoms with Crippen LogP contribution in [0.15, 0.2) is 81.1 Å². The van der Waals surface area contributed by atoms with Crippen molar-refractivity contribution < 1.29 is 17.8 Å². The molecule has 0 atom stereocenters. The molecule has 0 aliphatic heterocycles. The molecule has 34 heavy (non-hydrogen) atoms. The fourth-order valence-electron chi connectivity index (χ4n) is 5.09. The van der Waals surface area contributed by atoms with Crippen LogP contribution in [0.1, 0.15) is 48.0 Å². The van der Waals surface area contributed by atoms with Crippen LogP contribution in [0.25, 0.3) is 0 Å². The van der Waals surface area contributed by atoms with E-state index < -0.39 is 26.6 Å². The maximum atomic E-state index is 4.02. The summed E-state index contributed by atoms with van der Waals surface area (Å²) < 4.78 is 6.77. The second kappa shape index (κ2) is 10.7. The topological polar surface area (TPSA) is 18.5 Å². The van der Waals surface area contributed by atoms with Crippen LogP contribution < -0.4 is 15.7 Å². The Bertz CT molecular complexity index is 981. The third kappa shape index (κ3) is 6.21. The summed E-state index contributed by atoms with van der Waals surface area (Å²) in [4.78, 5) is 0. The third-order valence-corrected chi connectivity index (χ3v) is 14.6. The molecule has 1 N–H and O–H groups in total. The Labute approximate surface area is 216 Å². The summed E-state index contributed by atoms with van der Waals surface area (Å²) in [5.41, 5.74) is 3.18. The molecule has 2 aromatic carbocycles. The molecule has 1 aliphatic rings. The van der Waals surface area contributed by atoms with Gasteiger partial charge in [0.2, 0.25) is 0 Å². The van der Waals surface area contributed by atoms with E-state index in [2.05, 4.69) is 143 Å². The normalized spacial score (nSPS) is 15.5. The first-order chi connectivity index (χ1) is 15.8. The Morgan fingerprint density at radius 3 is 1.53 bits per heavy atom. The van der Waals surface area contributed by atoms with Crippen molar-refractivity contribution in [2.45, 2.75) is 53.5 Å². The van der Waals surface area contributed by atoms with Crippen molar-refractivity contribution in [2.75, 3.05) is 28.2 Å². The molecule has 185 valence electrons. The molecule has 0 fully saturated rings. The van der Waals surface area contributed by atoms with Crippen molar-refractivity contribution in [3.8, 4) is 0 Å². The van der Waals surface area contributed by atoms with E-state index in [-0.39, 0.29) is 11.0 Å². The van der Waals surface area contributed by atoms with Gasteiger partial charge in [-0.25, -0.2) is 0 Å². The van der Waals surface area contributed by atoms with Gasteiger partial charge in [-0.15, -0.1) is 0 Å². The van der Waals surface area contributed by atoms with Gasteiger partial charge in [-0.1, -0.05) is 0 Å². The van der Waals surface area contributed by atoms with Crippen LogP contribution in [0.5, 0.6) is 0 Å². The van der Waals surface area contributed by atoms with Gasteiger partial charge in [0, 0.05) is 0 Å². The van der Waals surface area contributed by atoms with E-state index in [1.807, 2.05) is 0 Å². The predicted octanol–water partition coefficient (Wildman–Crippen LogP) is 4.48. The van der Waals surface area contributed by atoms with Gasteiger partial charge in [0.1, 0.15) is 0 Å². The average molecular weight is 559 g/mol. The zero-order chi connectivity index (χ0) is 25.3. The molecule has 0 aromatic heterocycles. The summed E-state index contributed by atoms with van der Waals surface area (Å²) in [7, 11) is 7.42. The SMILES string of the molecule is C[N](C)[Mo]([C]1=C(C(C)(C)C)C([SiH](c2ccccc2)c2ccccc2)=C(NC(C)(C)C)C1)[N](C)C. The second-order valence-corrected chi connectivity index (χ2v) is 20.5. The van der Waals surface area contributed by atoms with Gasteiger partial charge in [0.05, 0.1) is 0 Å². The van der Waals surface area contributed by atoms with E-state index in [1.165, 1.54) is 16.1 Å². The first kappa shape index (κ1) is 27.1. The fourth-order valence-corrected chi connectivity index (χ4v) is 15.0. The number of nitrogens with one attached hydrogen (secondary N) is 1. The number of hydrogen-bond donors (Lipinski definition) is 1. The molecule has 2 aromatic rings. The van der Waals surface area contributed by atoms with Crippen LogP contribution in [0, 0.1) is 5.41 Å². The maximum absolute atomic E-state index is 4.02. The molecule has 0 unspecified atom stereocenters. The number of benzene rings is 2.